The van der Waals surface area contributed by atoms with Gasteiger partial charge in [-0.3, -0.25) is 0 Å². The minimum Gasteiger partial charge on any atom is -0.375 e. The highest BCUT2D eigenvalue weighted by atomic mass is 79.9. The van der Waals surface area contributed by atoms with E-state index in [-0.39, 0.29) is 5.82 Å². The molecule has 2 nitrogen and oxygen atoms in total. The van der Waals surface area contributed by atoms with Gasteiger partial charge in [0, 0.05) is 23.5 Å². The van der Waals surface area contributed by atoms with Gasteiger partial charge in [-0.1, -0.05) is 15.9 Å². The monoisotopic (exact) mass is 313 g/mol. The van der Waals surface area contributed by atoms with Crippen molar-refractivity contribution in [3.05, 3.63) is 34.1 Å². The summed E-state index contributed by atoms with van der Waals surface area (Å²) in [6, 6.07) is 4.80. The molecule has 0 radical (unpaired) electrons. The molecule has 2 fully saturated rings. The Morgan fingerprint density at radius 1 is 1.39 bits per heavy atom. The van der Waals surface area contributed by atoms with Crippen LogP contribution in [0.25, 0.3) is 0 Å². The van der Waals surface area contributed by atoms with Gasteiger partial charge >= 0.3 is 0 Å². The van der Waals surface area contributed by atoms with Crippen molar-refractivity contribution in [3.63, 3.8) is 0 Å². The van der Waals surface area contributed by atoms with Crippen LogP contribution < -0.4 is 5.32 Å². The largest absolute Gasteiger partial charge is 0.375 e. The summed E-state index contributed by atoms with van der Waals surface area (Å²) in [5.74, 6) is 0.453. The Labute approximate surface area is 115 Å². The van der Waals surface area contributed by atoms with Crippen molar-refractivity contribution in [2.45, 2.75) is 38.0 Å². The number of ether oxygens (including phenoxy) is 1. The minimum atomic E-state index is -0.182. The zero-order valence-corrected chi connectivity index (χ0v) is 11.7. The molecule has 0 aliphatic carbocycles. The van der Waals surface area contributed by atoms with Crippen LogP contribution in [0.1, 0.15) is 24.8 Å². The summed E-state index contributed by atoms with van der Waals surface area (Å²) in [6.45, 7) is 1.66. The number of benzene rings is 1. The lowest BCUT2D eigenvalue weighted by Gasteiger charge is -2.19. The van der Waals surface area contributed by atoms with Gasteiger partial charge in [0.2, 0.25) is 0 Å². The molecule has 3 atom stereocenters. The zero-order chi connectivity index (χ0) is 12.5. The molecule has 1 N–H and O–H groups in total. The van der Waals surface area contributed by atoms with Crippen molar-refractivity contribution >= 4 is 15.9 Å². The van der Waals surface area contributed by atoms with Crippen LogP contribution in [0.3, 0.4) is 0 Å². The molecule has 0 aromatic heterocycles. The Morgan fingerprint density at radius 3 is 3.00 bits per heavy atom. The van der Waals surface area contributed by atoms with E-state index in [4.69, 9.17) is 4.74 Å². The van der Waals surface area contributed by atoms with Crippen molar-refractivity contribution in [1.29, 1.82) is 0 Å². The maximum atomic E-state index is 13.1. The second kappa shape index (κ2) is 5.27. The van der Waals surface area contributed by atoms with Gasteiger partial charge in [0.25, 0.3) is 0 Å². The zero-order valence-electron chi connectivity index (χ0n) is 10.2. The molecule has 0 saturated carbocycles. The first kappa shape index (κ1) is 12.6. The lowest BCUT2D eigenvalue weighted by Crippen LogP contribution is -2.29. The molecule has 2 heterocycles. The molecule has 4 heteroatoms. The maximum Gasteiger partial charge on any atom is 0.123 e. The summed E-state index contributed by atoms with van der Waals surface area (Å²) in [7, 11) is 0. The van der Waals surface area contributed by atoms with Crippen LogP contribution >= 0.6 is 15.9 Å². The normalized spacial score (nSPS) is 30.0. The molecular formula is C14H17BrFNO. The lowest BCUT2D eigenvalue weighted by atomic mass is 9.89. The average Bonchev–Trinajstić information content (AvgIpc) is 2.96. The molecule has 1 aromatic rings. The fourth-order valence-corrected chi connectivity index (χ4v) is 3.42. The Morgan fingerprint density at radius 2 is 2.28 bits per heavy atom. The highest BCUT2D eigenvalue weighted by molar-refractivity contribution is 9.10. The highest BCUT2D eigenvalue weighted by Gasteiger charge is 2.40. The number of hydrogen-bond donors (Lipinski definition) is 1. The fraction of sp³-hybridized carbons (Fsp3) is 0.571. The fourth-order valence-electron chi connectivity index (χ4n) is 3.03. The third-order valence-electron chi connectivity index (χ3n) is 3.96. The summed E-state index contributed by atoms with van der Waals surface area (Å²) in [4.78, 5) is 0. The molecule has 2 bridgehead atoms. The third kappa shape index (κ3) is 2.60. The van der Waals surface area contributed by atoms with Crippen LogP contribution in [-0.2, 0) is 11.3 Å². The summed E-state index contributed by atoms with van der Waals surface area (Å²) in [6.07, 6.45) is 4.58. The maximum absolute atomic E-state index is 13.1. The Hall–Kier alpha value is -0.450. The van der Waals surface area contributed by atoms with Gasteiger partial charge in [-0.15, -0.1) is 0 Å². The van der Waals surface area contributed by atoms with Gasteiger partial charge in [0.1, 0.15) is 5.82 Å². The predicted octanol–water partition coefficient (Wildman–Crippen LogP) is 3.25. The molecule has 3 rings (SSSR count). The van der Waals surface area contributed by atoms with E-state index < -0.39 is 0 Å². The quantitative estimate of drug-likeness (QED) is 0.921. The van der Waals surface area contributed by atoms with Gasteiger partial charge in [0.15, 0.2) is 0 Å². The molecule has 18 heavy (non-hydrogen) atoms. The van der Waals surface area contributed by atoms with Crippen molar-refractivity contribution < 1.29 is 9.13 Å². The predicted molar refractivity (Wildman–Crippen MR) is 71.8 cm³/mol. The topological polar surface area (TPSA) is 21.3 Å². The van der Waals surface area contributed by atoms with Gasteiger partial charge in [-0.2, -0.15) is 0 Å². The van der Waals surface area contributed by atoms with E-state index in [0.717, 1.165) is 16.6 Å². The first-order chi connectivity index (χ1) is 8.72. The van der Waals surface area contributed by atoms with Crippen LogP contribution in [0.4, 0.5) is 4.39 Å². The molecule has 2 aliphatic heterocycles. The second-order valence-corrected chi connectivity index (χ2v) is 6.09. The number of halogens is 2. The Bertz CT molecular complexity index is 440. The number of nitrogens with one attached hydrogen (secondary N) is 1. The molecule has 98 valence electrons. The summed E-state index contributed by atoms with van der Waals surface area (Å²) >= 11 is 3.45. The molecule has 2 saturated heterocycles. The van der Waals surface area contributed by atoms with E-state index in [1.165, 1.54) is 25.3 Å². The van der Waals surface area contributed by atoms with Crippen molar-refractivity contribution in [2.24, 2.45) is 5.92 Å². The molecule has 0 amide bonds. The number of rotatable bonds is 4. The molecule has 3 unspecified atom stereocenters. The van der Waals surface area contributed by atoms with Gasteiger partial charge < -0.3 is 10.1 Å². The van der Waals surface area contributed by atoms with E-state index in [1.54, 1.807) is 12.1 Å². The summed E-state index contributed by atoms with van der Waals surface area (Å²) < 4.78 is 19.9. The van der Waals surface area contributed by atoms with Crippen molar-refractivity contribution in [2.75, 3.05) is 6.54 Å². The minimum absolute atomic E-state index is 0.182. The average molecular weight is 314 g/mol. The SMILES string of the molecule is Fc1ccc(Br)c(CNCC2CC3CCC2O3)c1. The molecule has 2 aliphatic rings. The van der Waals surface area contributed by atoms with Gasteiger partial charge in [-0.25, -0.2) is 4.39 Å². The van der Waals surface area contributed by atoms with E-state index >= 15 is 0 Å². The van der Waals surface area contributed by atoms with E-state index in [1.807, 2.05) is 0 Å². The third-order valence-corrected chi connectivity index (χ3v) is 4.74. The van der Waals surface area contributed by atoms with Crippen LogP contribution in [0.5, 0.6) is 0 Å². The first-order valence-electron chi connectivity index (χ1n) is 6.52. The van der Waals surface area contributed by atoms with Crippen LogP contribution in [-0.4, -0.2) is 18.8 Å². The second-order valence-electron chi connectivity index (χ2n) is 5.24. The van der Waals surface area contributed by atoms with Gasteiger partial charge in [0.05, 0.1) is 12.2 Å². The number of fused-ring (bicyclic) bond motifs is 2. The Kier molecular flexibility index (Phi) is 3.68. The van der Waals surface area contributed by atoms with Crippen LogP contribution in [0.2, 0.25) is 0 Å². The Balaban J connectivity index is 1.51. The molecule has 1 aromatic carbocycles. The summed E-state index contributed by atoms with van der Waals surface area (Å²) in [5.41, 5.74) is 0.971. The smallest absolute Gasteiger partial charge is 0.123 e. The summed E-state index contributed by atoms with van der Waals surface area (Å²) in [5, 5.41) is 3.42. The van der Waals surface area contributed by atoms with E-state index in [0.29, 0.717) is 24.7 Å². The number of hydrogen-bond acceptors (Lipinski definition) is 2. The standard InChI is InChI=1S/C14H17BrFNO/c15-13-3-1-11(16)5-9(13)7-17-8-10-6-12-2-4-14(10)18-12/h1,3,5,10,12,14,17H,2,4,6-8H2. The highest BCUT2D eigenvalue weighted by Crippen LogP contribution is 2.38. The van der Waals surface area contributed by atoms with Crippen molar-refractivity contribution in [3.8, 4) is 0 Å². The van der Waals surface area contributed by atoms with Crippen molar-refractivity contribution in [1.82, 2.24) is 5.32 Å². The van der Waals surface area contributed by atoms with Crippen LogP contribution in [0, 0.1) is 11.7 Å². The lowest BCUT2D eigenvalue weighted by molar-refractivity contribution is 0.0924. The molecular weight excluding hydrogens is 297 g/mol. The first-order valence-corrected chi connectivity index (χ1v) is 7.32. The van der Waals surface area contributed by atoms with Crippen LogP contribution in [0.15, 0.2) is 22.7 Å². The van der Waals surface area contributed by atoms with Gasteiger partial charge in [-0.05, 0) is 43.0 Å². The molecule has 0 spiro atoms. The van der Waals surface area contributed by atoms with E-state index in [2.05, 4.69) is 21.2 Å². The van der Waals surface area contributed by atoms with E-state index in [9.17, 15) is 4.39 Å².